The lowest BCUT2D eigenvalue weighted by molar-refractivity contribution is -0.127. The summed E-state index contributed by atoms with van der Waals surface area (Å²) >= 11 is 7.27. The van der Waals surface area contributed by atoms with E-state index in [1.54, 1.807) is 48.3 Å². The number of rotatable bonds is 6. The maximum absolute atomic E-state index is 13.2. The molecule has 0 N–H and O–H groups in total. The highest BCUT2D eigenvalue weighted by Gasteiger charge is 2.16. The lowest BCUT2D eigenvalue weighted by Gasteiger charge is -2.18. The van der Waals surface area contributed by atoms with Crippen molar-refractivity contribution in [2.24, 2.45) is 0 Å². The lowest BCUT2D eigenvalue weighted by Crippen LogP contribution is -2.28. The number of carbonyl (C=O) groups is 1. The van der Waals surface area contributed by atoms with Crippen molar-refractivity contribution in [3.63, 3.8) is 0 Å². The zero-order valence-corrected chi connectivity index (χ0v) is 18.4. The molecule has 5 nitrogen and oxygen atoms in total. The van der Waals surface area contributed by atoms with E-state index in [0.29, 0.717) is 33.3 Å². The standard InChI is InChI=1S/C24H20ClN3O2S/c1-27(15-17-7-3-2-4-8-17)22(29)16-31-24-26-21-10-6-5-9-20(21)23(30)28(24)19-13-11-18(25)12-14-19/h2-14H,15-16H2,1H3. The van der Waals surface area contributed by atoms with Gasteiger partial charge in [-0.2, -0.15) is 0 Å². The number of amides is 1. The van der Waals surface area contributed by atoms with Crippen LogP contribution in [0.1, 0.15) is 5.56 Å². The van der Waals surface area contributed by atoms with Gasteiger partial charge in [-0.15, -0.1) is 0 Å². The predicted molar refractivity (Wildman–Crippen MR) is 126 cm³/mol. The Morgan fingerprint density at radius 2 is 1.68 bits per heavy atom. The molecule has 0 atom stereocenters. The Morgan fingerprint density at radius 3 is 2.42 bits per heavy atom. The van der Waals surface area contributed by atoms with Crippen LogP contribution in [0, 0.1) is 0 Å². The largest absolute Gasteiger partial charge is 0.341 e. The molecule has 4 aromatic rings. The number of hydrogen-bond donors (Lipinski definition) is 0. The number of fused-ring (bicyclic) bond motifs is 1. The summed E-state index contributed by atoms with van der Waals surface area (Å²) in [6.45, 7) is 0.523. The van der Waals surface area contributed by atoms with Crippen LogP contribution in [-0.4, -0.2) is 33.2 Å². The van der Waals surface area contributed by atoms with Gasteiger partial charge in [0.25, 0.3) is 5.56 Å². The molecule has 0 saturated carbocycles. The van der Waals surface area contributed by atoms with Gasteiger partial charge in [-0.3, -0.25) is 14.2 Å². The molecule has 0 spiro atoms. The normalized spacial score (nSPS) is 10.9. The van der Waals surface area contributed by atoms with E-state index in [1.165, 1.54) is 16.3 Å². The van der Waals surface area contributed by atoms with Crippen LogP contribution in [0.15, 0.2) is 88.8 Å². The fraction of sp³-hybridized carbons (Fsp3) is 0.125. The first-order valence-electron chi connectivity index (χ1n) is 9.71. The molecule has 0 unspecified atom stereocenters. The summed E-state index contributed by atoms with van der Waals surface area (Å²) in [5.74, 6) is 0.126. The highest BCUT2D eigenvalue weighted by Crippen LogP contribution is 2.23. The van der Waals surface area contributed by atoms with Gasteiger partial charge in [0, 0.05) is 18.6 Å². The van der Waals surface area contributed by atoms with E-state index >= 15 is 0 Å². The van der Waals surface area contributed by atoms with Crippen LogP contribution in [0.25, 0.3) is 16.6 Å². The molecule has 0 aliphatic rings. The summed E-state index contributed by atoms with van der Waals surface area (Å²) in [7, 11) is 1.77. The number of hydrogen-bond acceptors (Lipinski definition) is 4. The maximum atomic E-state index is 13.2. The smallest absolute Gasteiger partial charge is 0.266 e. The van der Waals surface area contributed by atoms with Crippen LogP contribution < -0.4 is 5.56 Å². The van der Waals surface area contributed by atoms with Gasteiger partial charge in [-0.1, -0.05) is 65.8 Å². The first-order chi connectivity index (χ1) is 15.0. The Labute approximate surface area is 189 Å². The van der Waals surface area contributed by atoms with E-state index in [0.717, 1.165) is 5.56 Å². The Kier molecular flexibility index (Phi) is 6.39. The molecule has 7 heteroatoms. The molecule has 0 saturated heterocycles. The van der Waals surface area contributed by atoms with Gasteiger partial charge in [0.05, 0.1) is 22.3 Å². The molecule has 1 heterocycles. The van der Waals surface area contributed by atoms with E-state index in [1.807, 2.05) is 42.5 Å². The Hall–Kier alpha value is -3.09. The molecule has 0 radical (unpaired) electrons. The third kappa shape index (κ3) is 4.81. The molecular formula is C24H20ClN3O2S. The van der Waals surface area contributed by atoms with Crippen molar-refractivity contribution in [3.8, 4) is 5.69 Å². The lowest BCUT2D eigenvalue weighted by atomic mass is 10.2. The highest BCUT2D eigenvalue weighted by molar-refractivity contribution is 7.99. The number of benzene rings is 3. The van der Waals surface area contributed by atoms with E-state index in [2.05, 4.69) is 4.98 Å². The second-order valence-corrected chi connectivity index (χ2v) is 8.43. The fourth-order valence-corrected chi connectivity index (χ4v) is 4.29. The van der Waals surface area contributed by atoms with Crippen molar-refractivity contribution in [2.75, 3.05) is 12.8 Å². The third-order valence-electron chi connectivity index (χ3n) is 4.84. The van der Waals surface area contributed by atoms with Crippen molar-refractivity contribution in [1.29, 1.82) is 0 Å². The summed E-state index contributed by atoms with van der Waals surface area (Å²) in [6.07, 6.45) is 0. The van der Waals surface area contributed by atoms with Crippen LogP contribution >= 0.6 is 23.4 Å². The molecule has 1 aromatic heterocycles. The molecule has 0 bridgehead atoms. The maximum Gasteiger partial charge on any atom is 0.266 e. The SMILES string of the molecule is CN(Cc1ccccc1)C(=O)CSc1nc2ccccc2c(=O)n1-c1ccc(Cl)cc1. The summed E-state index contributed by atoms with van der Waals surface area (Å²) < 4.78 is 1.54. The molecule has 1 amide bonds. The molecule has 4 rings (SSSR count). The molecule has 3 aromatic carbocycles. The van der Waals surface area contributed by atoms with Crippen molar-refractivity contribution in [1.82, 2.24) is 14.5 Å². The van der Waals surface area contributed by atoms with Crippen LogP contribution in [0.5, 0.6) is 0 Å². The average molecular weight is 450 g/mol. The number of para-hydroxylation sites is 1. The topological polar surface area (TPSA) is 55.2 Å². The summed E-state index contributed by atoms with van der Waals surface area (Å²) in [4.78, 5) is 32.3. The number of carbonyl (C=O) groups excluding carboxylic acids is 1. The van der Waals surface area contributed by atoms with Crippen molar-refractivity contribution >= 4 is 40.2 Å². The van der Waals surface area contributed by atoms with Gasteiger partial charge in [0.15, 0.2) is 5.16 Å². The summed E-state index contributed by atoms with van der Waals surface area (Å²) in [5.41, 5.74) is 2.14. The molecule has 31 heavy (non-hydrogen) atoms. The Morgan fingerprint density at radius 1 is 1.00 bits per heavy atom. The van der Waals surface area contributed by atoms with Crippen molar-refractivity contribution in [3.05, 3.63) is 99.8 Å². The monoisotopic (exact) mass is 449 g/mol. The minimum atomic E-state index is -0.180. The van der Waals surface area contributed by atoms with Gasteiger partial charge in [-0.25, -0.2) is 4.98 Å². The van der Waals surface area contributed by atoms with Crippen LogP contribution in [0.4, 0.5) is 0 Å². The summed E-state index contributed by atoms with van der Waals surface area (Å²) in [6, 6.07) is 24.0. The second kappa shape index (κ2) is 9.37. The van der Waals surface area contributed by atoms with E-state index in [-0.39, 0.29) is 17.2 Å². The third-order valence-corrected chi connectivity index (χ3v) is 6.02. The van der Waals surface area contributed by atoms with Crippen molar-refractivity contribution < 1.29 is 4.79 Å². The van der Waals surface area contributed by atoms with Gasteiger partial charge in [0.1, 0.15) is 0 Å². The quantitative estimate of drug-likeness (QED) is 0.313. The average Bonchev–Trinajstić information content (AvgIpc) is 2.79. The number of aromatic nitrogens is 2. The number of thioether (sulfide) groups is 1. The van der Waals surface area contributed by atoms with Gasteiger partial charge < -0.3 is 4.90 Å². The highest BCUT2D eigenvalue weighted by atomic mass is 35.5. The zero-order chi connectivity index (χ0) is 21.8. The zero-order valence-electron chi connectivity index (χ0n) is 16.9. The molecule has 0 aliphatic heterocycles. The molecule has 0 fully saturated rings. The van der Waals surface area contributed by atoms with Gasteiger partial charge in [-0.05, 0) is 42.0 Å². The predicted octanol–water partition coefficient (Wildman–Crippen LogP) is 4.79. The number of halogens is 1. The summed E-state index contributed by atoms with van der Waals surface area (Å²) in [5, 5.41) is 1.57. The van der Waals surface area contributed by atoms with E-state index in [4.69, 9.17) is 11.6 Å². The minimum absolute atomic E-state index is 0.0427. The molecule has 156 valence electrons. The van der Waals surface area contributed by atoms with Crippen LogP contribution in [-0.2, 0) is 11.3 Å². The molecule has 0 aliphatic carbocycles. The Bertz CT molecular complexity index is 1270. The van der Waals surface area contributed by atoms with E-state index in [9.17, 15) is 9.59 Å². The van der Waals surface area contributed by atoms with Crippen molar-refractivity contribution in [2.45, 2.75) is 11.7 Å². The Balaban J connectivity index is 1.63. The van der Waals surface area contributed by atoms with E-state index < -0.39 is 0 Å². The second-order valence-electron chi connectivity index (χ2n) is 7.05. The number of nitrogens with zero attached hydrogens (tertiary/aromatic N) is 3. The first kappa shape index (κ1) is 21.2. The minimum Gasteiger partial charge on any atom is -0.341 e. The van der Waals surface area contributed by atoms with Gasteiger partial charge >= 0.3 is 0 Å². The first-order valence-corrected chi connectivity index (χ1v) is 11.1. The fourth-order valence-electron chi connectivity index (χ4n) is 3.21. The van der Waals surface area contributed by atoms with Gasteiger partial charge in [0.2, 0.25) is 5.91 Å². The van der Waals surface area contributed by atoms with Crippen LogP contribution in [0.3, 0.4) is 0 Å². The molecular weight excluding hydrogens is 430 g/mol. The van der Waals surface area contributed by atoms with Crippen LogP contribution in [0.2, 0.25) is 5.02 Å².